The molecule has 2 N–H and O–H groups in total. The van der Waals surface area contributed by atoms with E-state index >= 15 is 0 Å². The third-order valence-electron chi connectivity index (χ3n) is 3.26. The highest BCUT2D eigenvalue weighted by Crippen LogP contribution is 2.19. The fourth-order valence-corrected chi connectivity index (χ4v) is 2.43. The van der Waals surface area contributed by atoms with Gasteiger partial charge >= 0.3 is 0 Å². The fraction of sp³-hybridized carbons (Fsp3) is 0.111. The Hall–Kier alpha value is -2.40. The molecule has 3 rings (SSSR count). The Kier molecular flexibility index (Phi) is 4.88. The Labute approximate surface area is 144 Å². The van der Waals surface area contributed by atoms with Crippen LogP contribution in [0, 0.1) is 6.92 Å². The second kappa shape index (κ2) is 7.24. The minimum atomic E-state index is 0.619. The van der Waals surface area contributed by atoms with Gasteiger partial charge < -0.3 is 10.6 Å². The van der Waals surface area contributed by atoms with Crippen LogP contribution in [0.1, 0.15) is 11.3 Å². The molecule has 0 saturated heterocycles. The smallest absolute Gasteiger partial charge is 0.225 e. The van der Waals surface area contributed by atoms with Crippen molar-refractivity contribution in [1.29, 1.82) is 0 Å². The minimum Gasteiger partial charge on any atom is -0.350 e. The molecular weight excluding hydrogens is 352 g/mol. The number of aryl methyl sites for hydroxylation is 1. The summed E-state index contributed by atoms with van der Waals surface area (Å²) in [5.41, 5.74) is 3.09. The van der Waals surface area contributed by atoms with Crippen molar-refractivity contribution in [1.82, 2.24) is 9.97 Å². The number of nitrogens with zero attached hydrogens (tertiary/aromatic N) is 2. The number of anilines is 3. The van der Waals surface area contributed by atoms with Gasteiger partial charge in [-0.1, -0.05) is 46.3 Å². The fourth-order valence-electron chi connectivity index (χ4n) is 2.17. The molecule has 0 spiro atoms. The van der Waals surface area contributed by atoms with Gasteiger partial charge in [-0.15, -0.1) is 0 Å². The van der Waals surface area contributed by atoms with Crippen LogP contribution < -0.4 is 10.6 Å². The van der Waals surface area contributed by atoms with Crippen LogP contribution in [-0.2, 0) is 6.54 Å². The molecular formula is C18H17BrN4. The molecule has 4 nitrogen and oxygen atoms in total. The number of hydrogen-bond donors (Lipinski definition) is 2. The van der Waals surface area contributed by atoms with E-state index in [-0.39, 0.29) is 0 Å². The van der Waals surface area contributed by atoms with E-state index in [4.69, 9.17) is 0 Å². The molecule has 116 valence electrons. The summed E-state index contributed by atoms with van der Waals surface area (Å²) in [5.74, 6) is 1.39. The van der Waals surface area contributed by atoms with Crippen molar-refractivity contribution in [3.63, 3.8) is 0 Å². The SMILES string of the molecule is Cc1cc(Nc2ccc(Br)cc2)nc(NCc2ccccc2)n1. The van der Waals surface area contributed by atoms with Crippen molar-refractivity contribution in [2.75, 3.05) is 10.6 Å². The molecule has 2 aromatic carbocycles. The maximum absolute atomic E-state index is 4.52. The summed E-state index contributed by atoms with van der Waals surface area (Å²) in [6.45, 7) is 2.66. The van der Waals surface area contributed by atoms with Gasteiger partial charge in [-0.25, -0.2) is 4.98 Å². The predicted molar refractivity (Wildman–Crippen MR) is 98.0 cm³/mol. The first kappa shape index (κ1) is 15.5. The lowest BCUT2D eigenvalue weighted by Gasteiger charge is -2.10. The van der Waals surface area contributed by atoms with Crippen molar-refractivity contribution < 1.29 is 0 Å². The van der Waals surface area contributed by atoms with E-state index in [1.807, 2.05) is 55.5 Å². The first-order valence-corrected chi connectivity index (χ1v) is 8.14. The second-order valence-corrected chi connectivity index (χ2v) is 6.10. The average Bonchev–Trinajstić information content (AvgIpc) is 2.56. The van der Waals surface area contributed by atoms with Gasteiger partial charge in [0, 0.05) is 28.5 Å². The van der Waals surface area contributed by atoms with Crippen molar-refractivity contribution in [2.24, 2.45) is 0 Å². The van der Waals surface area contributed by atoms with Crippen LogP contribution in [0.5, 0.6) is 0 Å². The first-order valence-electron chi connectivity index (χ1n) is 7.35. The van der Waals surface area contributed by atoms with Crippen LogP contribution >= 0.6 is 15.9 Å². The molecule has 23 heavy (non-hydrogen) atoms. The highest BCUT2D eigenvalue weighted by atomic mass is 79.9. The van der Waals surface area contributed by atoms with Crippen LogP contribution in [0.15, 0.2) is 65.1 Å². The third kappa shape index (κ3) is 4.53. The summed E-state index contributed by atoms with van der Waals surface area (Å²) in [4.78, 5) is 8.96. The van der Waals surface area contributed by atoms with Crippen LogP contribution in [0.3, 0.4) is 0 Å². The molecule has 0 radical (unpaired) electrons. The summed E-state index contributed by atoms with van der Waals surface area (Å²) in [6, 6.07) is 20.1. The Morgan fingerprint density at radius 2 is 1.70 bits per heavy atom. The van der Waals surface area contributed by atoms with E-state index in [0.29, 0.717) is 12.5 Å². The van der Waals surface area contributed by atoms with Crippen molar-refractivity contribution in [2.45, 2.75) is 13.5 Å². The predicted octanol–water partition coefficient (Wildman–Crippen LogP) is 4.90. The number of aromatic nitrogens is 2. The first-order chi connectivity index (χ1) is 11.2. The Morgan fingerprint density at radius 1 is 0.957 bits per heavy atom. The topological polar surface area (TPSA) is 49.8 Å². The molecule has 0 aliphatic rings. The molecule has 0 amide bonds. The summed E-state index contributed by atoms with van der Waals surface area (Å²) in [5, 5.41) is 6.57. The van der Waals surface area contributed by atoms with Gasteiger partial charge in [0.05, 0.1) is 0 Å². The van der Waals surface area contributed by atoms with E-state index < -0.39 is 0 Å². The highest BCUT2D eigenvalue weighted by Gasteiger charge is 2.03. The van der Waals surface area contributed by atoms with E-state index in [1.54, 1.807) is 0 Å². The number of hydrogen-bond acceptors (Lipinski definition) is 4. The zero-order valence-corrected chi connectivity index (χ0v) is 14.3. The zero-order valence-electron chi connectivity index (χ0n) is 12.8. The molecule has 0 fully saturated rings. The van der Waals surface area contributed by atoms with Gasteiger partial charge in [-0.3, -0.25) is 0 Å². The lowest BCUT2D eigenvalue weighted by atomic mass is 10.2. The molecule has 1 aromatic heterocycles. The van der Waals surface area contributed by atoms with Crippen LogP contribution in [0.2, 0.25) is 0 Å². The van der Waals surface area contributed by atoms with Crippen molar-refractivity contribution >= 4 is 33.4 Å². The largest absolute Gasteiger partial charge is 0.350 e. The molecule has 0 unspecified atom stereocenters. The quantitative estimate of drug-likeness (QED) is 0.672. The van der Waals surface area contributed by atoms with Crippen LogP contribution in [0.25, 0.3) is 0 Å². The molecule has 0 bridgehead atoms. The molecule has 5 heteroatoms. The number of rotatable bonds is 5. The van der Waals surface area contributed by atoms with E-state index in [0.717, 1.165) is 21.7 Å². The van der Waals surface area contributed by atoms with Gasteiger partial charge in [0.2, 0.25) is 5.95 Å². The molecule has 0 saturated carbocycles. The highest BCUT2D eigenvalue weighted by molar-refractivity contribution is 9.10. The maximum atomic E-state index is 4.52. The van der Waals surface area contributed by atoms with Crippen LogP contribution in [0.4, 0.5) is 17.5 Å². The third-order valence-corrected chi connectivity index (χ3v) is 3.79. The van der Waals surface area contributed by atoms with Gasteiger partial charge in [-0.2, -0.15) is 4.98 Å². The monoisotopic (exact) mass is 368 g/mol. The van der Waals surface area contributed by atoms with Gasteiger partial charge in [0.25, 0.3) is 0 Å². The maximum Gasteiger partial charge on any atom is 0.225 e. The molecule has 0 aliphatic heterocycles. The summed E-state index contributed by atoms with van der Waals surface area (Å²) in [6.07, 6.45) is 0. The van der Waals surface area contributed by atoms with Crippen LogP contribution in [-0.4, -0.2) is 9.97 Å². The minimum absolute atomic E-state index is 0.619. The summed E-state index contributed by atoms with van der Waals surface area (Å²) >= 11 is 3.43. The molecule has 0 aliphatic carbocycles. The van der Waals surface area contributed by atoms with Crippen molar-refractivity contribution in [3.05, 3.63) is 76.4 Å². The summed E-state index contributed by atoms with van der Waals surface area (Å²) < 4.78 is 1.05. The average molecular weight is 369 g/mol. The van der Waals surface area contributed by atoms with E-state index in [1.165, 1.54) is 5.56 Å². The normalized spacial score (nSPS) is 10.3. The Bertz CT molecular complexity index is 773. The van der Waals surface area contributed by atoms with E-state index in [2.05, 4.69) is 48.7 Å². The zero-order chi connectivity index (χ0) is 16.1. The lowest BCUT2D eigenvalue weighted by molar-refractivity contribution is 1.03. The molecule has 0 atom stereocenters. The standard InChI is InChI=1S/C18H17BrN4/c1-13-11-17(22-16-9-7-15(19)8-10-16)23-18(21-13)20-12-14-5-3-2-4-6-14/h2-11H,12H2,1H3,(H2,20,21,22,23). The van der Waals surface area contributed by atoms with Gasteiger partial charge in [-0.05, 0) is 36.8 Å². The second-order valence-electron chi connectivity index (χ2n) is 5.19. The molecule has 1 heterocycles. The van der Waals surface area contributed by atoms with Gasteiger partial charge in [0.1, 0.15) is 5.82 Å². The Morgan fingerprint density at radius 3 is 2.43 bits per heavy atom. The number of nitrogens with one attached hydrogen (secondary N) is 2. The van der Waals surface area contributed by atoms with Gasteiger partial charge in [0.15, 0.2) is 0 Å². The Balaban J connectivity index is 1.72. The molecule has 3 aromatic rings. The van der Waals surface area contributed by atoms with Crippen molar-refractivity contribution in [3.8, 4) is 0 Å². The number of halogens is 1. The lowest BCUT2D eigenvalue weighted by Crippen LogP contribution is -2.06. The number of benzene rings is 2. The summed E-state index contributed by atoms with van der Waals surface area (Å²) in [7, 11) is 0. The van der Waals surface area contributed by atoms with E-state index in [9.17, 15) is 0 Å².